The first-order chi connectivity index (χ1) is 6.33. The van der Waals surface area contributed by atoms with Gasteiger partial charge in [0.25, 0.3) is 0 Å². The van der Waals surface area contributed by atoms with Crippen LogP contribution in [0, 0.1) is 0 Å². The molecule has 0 aromatic rings. The number of hydrogen-bond donors (Lipinski definition) is 1. The van der Waals surface area contributed by atoms with E-state index in [2.05, 4.69) is 23.8 Å². The Balaban J connectivity index is 2.10. The van der Waals surface area contributed by atoms with E-state index in [1.54, 1.807) is 0 Å². The third-order valence-corrected chi connectivity index (χ3v) is 2.66. The first-order valence-corrected chi connectivity index (χ1v) is 5.35. The smallest absolute Gasteiger partial charge is 0.0194 e. The number of rotatable bonds is 5. The summed E-state index contributed by atoms with van der Waals surface area (Å²) in [5, 5.41) is 3.56. The van der Waals surface area contributed by atoms with Crippen LogP contribution in [0.2, 0.25) is 0 Å². The normalized spacial score (nSPS) is 23.4. The van der Waals surface area contributed by atoms with Crippen LogP contribution in [0.3, 0.4) is 0 Å². The average molecular weight is 182 g/mol. The standard InChI is InChI=1S/C11H22N2/c1-3-4-9-13(2)10-11-7-5-6-8-12-11/h3,11-12H,1,4-10H2,2H3. The van der Waals surface area contributed by atoms with Crippen molar-refractivity contribution in [3.05, 3.63) is 12.7 Å². The molecule has 1 fully saturated rings. The minimum atomic E-state index is 0.726. The van der Waals surface area contributed by atoms with Gasteiger partial charge in [0.05, 0.1) is 0 Å². The summed E-state index contributed by atoms with van der Waals surface area (Å²) in [6.45, 7) is 7.27. The highest BCUT2D eigenvalue weighted by Gasteiger charge is 2.13. The van der Waals surface area contributed by atoms with E-state index < -0.39 is 0 Å². The van der Waals surface area contributed by atoms with E-state index in [1.165, 1.54) is 32.4 Å². The van der Waals surface area contributed by atoms with Gasteiger partial charge in [-0.05, 0) is 32.9 Å². The molecule has 0 bridgehead atoms. The van der Waals surface area contributed by atoms with E-state index >= 15 is 0 Å². The zero-order chi connectivity index (χ0) is 9.52. The molecule has 0 aliphatic carbocycles. The van der Waals surface area contributed by atoms with Crippen LogP contribution in [0.25, 0.3) is 0 Å². The van der Waals surface area contributed by atoms with Gasteiger partial charge in [-0.3, -0.25) is 0 Å². The fourth-order valence-electron chi connectivity index (χ4n) is 1.86. The van der Waals surface area contributed by atoms with Crippen molar-refractivity contribution in [1.29, 1.82) is 0 Å². The Morgan fingerprint density at radius 1 is 1.54 bits per heavy atom. The van der Waals surface area contributed by atoms with Crippen molar-refractivity contribution < 1.29 is 0 Å². The van der Waals surface area contributed by atoms with Gasteiger partial charge in [-0.2, -0.15) is 0 Å². The molecule has 1 aliphatic rings. The van der Waals surface area contributed by atoms with Gasteiger partial charge in [0, 0.05) is 19.1 Å². The molecule has 0 spiro atoms. The molecule has 13 heavy (non-hydrogen) atoms. The summed E-state index contributed by atoms with van der Waals surface area (Å²) in [7, 11) is 2.19. The van der Waals surface area contributed by atoms with Crippen molar-refractivity contribution in [2.45, 2.75) is 31.7 Å². The topological polar surface area (TPSA) is 15.3 Å². The first kappa shape index (κ1) is 10.7. The summed E-state index contributed by atoms with van der Waals surface area (Å²) in [5.74, 6) is 0. The maximum atomic E-state index is 3.74. The zero-order valence-corrected chi connectivity index (χ0v) is 8.76. The molecule has 0 amide bonds. The number of piperidine rings is 1. The number of nitrogens with zero attached hydrogens (tertiary/aromatic N) is 1. The van der Waals surface area contributed by atoms with Gasteiger partial charge in [-0.1, -0.05) is 12.5 Å². The second-order valence-electron chi connectivity index (χ2n) is 3.99. The third kappa shape index (κ3) is 4.44. The Morgan fingerprint density at radius 3 is 3.00 bits per heavy atom. The van der Waals surface area contributed by atoms with Crippen molar-refractivity contribution in [2.75, 3.05) is 26.7 Å². The molecule has 1 atom stereocenters. The quantitative estimate of drug-likeness (QED) is 0.650. The van der Waals surface area contributed by atoms with Crippen LogP contribution < -0.4 is 5.32 Å². The molecule has 0 saturated carbocycles. The Morgan fingerprint density at radius 2 is 2.38 bits per heavy atom. The number of nitrogens with one attached hydrogen (secondary N) is 1. The van der Waals surface area contributed by atoms with Crippen LogP contribution in [0.1, 0.15) is 25.7 Å². The highest BCUT2D eigenvalue weighted by molar-refractivity contribution is 4.76. The lowest BCUT2D eigenvalue weighted by Crippen LogP contribution is -2.42. The van der Waals surface area contributed by atoms with E-state index in [0.717, 1.165) is 19.0 Å². The molecule has 2 nitrogen and oxygen atoms in total. The molecule has 1 rings (SSSR count). The second-order valence-corrected chi connectivity index (χ2v) is 3.99. The average Bonchev–Trinajstić information content (AvgIpc) is 2.16. The maximum absolute atomic E-state index is 3.74. The summed E-state index contributed by atoms with van der Waals surface area (Å²) in [4.78, 5) is 2.39. The van der Waals surface area contributed by atoms with Gasteiger partial charge < -0.3 is 10.2 Å². The Kier molecular flexibility index (Phi) is 5.09. The van der Waals surface area contributed by atoms with Crippen molar-refractivity contribution >= 4 is 0 Å². The lowest BCUT2D eigenvalue weighted by atomic mass is 10.0. The fraction of sp³-hybridized carbons (Fsp3) is 0.818. The minimum absolute atomic E-state index is 0.726. The molecular formula is C11H22N2. The molecule has 1 unspecified atom stereocenters. The summed E-state index contributed by atoms with van der Waals surface area (Å²) >= 11 is 0. The van der Waals surface area contributed by atoms with Crippen LogP contribution in [-0.4, -0.2) is 37.6 Å². The lowest BCUT2D eigenvalue weighted by molar-refractivity contribution is 0.266. The lowest BCUT2D eigenvalue weighted by Gasteiger charge is -2.27. The van der Waals surface area contributed by atoms with Gasteiger partial charge in [-0.15, -0.1) is 6.58 Å². The van der Waals surface area contributed by atoms with Gasteiger partial charge in [0.15, 0.2) is 0 Å². The predicted molar refractivity (Wildman–Crippen MR) is 58.0 cm³/mol. The molecular weight excluding hydrogens is 160 g/mol. The van der Waals surface area contributed by atoms with Crippen LogP contribution >= 0.6 is 0 Å². The first-order valence-electron chi connectivity index (χ1n) is 5.35. The van der Waals surface area contributed by atoms with Gasteiger partial charge >= 0.3 is 0 Å². The van der Waals surface area contributed by atoms with E-state index in [4.69, 9.17) is 0 Å². The van der Waals surface area contributed by atoms with Crippen LogP contribution in [0.4, 0.5) is 0 Å². The summed E-state index contributed by atoms with van der Waals surface area (Å²) in [6, 6.07) is 0.726. The fourth-order valence-corrected chi connectivity index (χ4v) is 1.86. The van der Waals surface area contributed by atoms with E-state index in [1.807, 2.05) is 6.08 Å². The Labute approximate surface area is 82.0 Å². The maximum Gasteiger partial charge on any atom is 0.0194 e. The van der Waals surface area contributed by atoms with Crippen molar-refractivity contribution in [2.24, 2.45) is 0 Å². The van der Waals surface area contributed by atoms with Gasteiger partial charge in [-0.25, -0.2) is 0 Å². The highest BCUT2D eigenvalue weighted by atomic mass is 15.1. The molecule has 76 valence electrons. The molecule has 1 saturated heterocycles. The van der Waals surface area contributed by atoms with Crippen molar-refractivity contribution in [3.63, 3.8) is 0 Å². The molecule has 1 aliphatic heterocycles. The number of likely N-dealkylation sites (N-methyl/N-ethyl adjacent to an activating group) is 1. The molecule has 1 N–H and O–H groups in total. The molecule has 0 aromatic carbocycles. The number of hydrogen-bond acceptors (Lipinski definition) is 2. The van der Waals surface area contributed by atoms with Crippen LogP contribution in [-0.2, 0) is 0 Å². The molecule has 2 heteroatoms. The van der Waals surface area contributed by atoms with E-state index in [9.17, 15) is 0 Å². The summed E-state index contributed by atoms with van der Waals surface area (Å²) in [6.07, 6.45) is 7.19. The van der Waals surface area contributed by atoms with E-state index in [0.29, 0.717) is 0 Å². The Bertz CT molecular complexity index is 139. The van der Waals surface area contributed by atoms with E-state index in [-0.39, 0.29) is 0 Å². The van der Waals surface area contributed by atoms with Crippen molar-refractivity contribution in [3.8, 4) is 0 Å². The van der Waals surface area contributed by atoms with Gasteiger partial charge in [0.1, 0.15) is 0 Å². The predicted octanol–water partition coefficient (Wildman–Crippen LogP) is 1.64. The van der Waals surface area contributed by atoms with Gasteiger partial charge in [0.2, 0.25) is 0 Å². The monoisotopic (exact) mass is 182 g/mol. The summed E-state index contributed by atoms with van der Waals surface area (Å²) < 4.78 is 0. The van der Waals surface area contributed by atoms with Crippen LogP contribution in [0.15, 0.2) is 12.7 Å². The molecule has 0 aromatic heterocycles. The molecule has 1 heterocycles. The zero-order valence-electron chi connectivity index (χ0n) is 8.76. The largest absolute Gasteiger partial charge is 0.313 e. The second kappa shape index (κ2) is 6.17. The SMILES string of the molecule is C=CCCN(C)CC1CCCCN1. The third-order valence-electron chi connectivity index (χ3n) is 2.66. The van der Waals surface area contributed by atoms with Crippen molar-refractivity contribution in [1.82, 2.24) is 10.2 Å². The highest BCUT2D eigenvalue weighted by Crippen LogP contribution is 2.07. The summed E-state index contributed by atoms with van der Waals surface area (Å²) in [5.41, 5.74) is 0. The minimum Gasteiger partial charge on any atom is -0.313 e. The van der Waals surface area contributed by atoms with Crippen LogP contribution in [0.5, 0.6) is 0 Å². The Hall–Kier alpha value is -0.340. The molecule has 0 radical (unpaired) electrons.